The molecule has 0 aromatic heterocycles. The van der Waals surface area contributed by atoms with E-state index < -0.39 is 0 Å². The summed E-state index contributed by atoms with van der Waals surface area (Å²) in [5.74, 6) is 5.41. The number of fused-ring (bicyclic) bond motifs is 5. The molecule has 164 valence electrons. The van der Waals surface area contributed by atoms with Crippen molar-refractivity contribution in [3.63, 3.8) is 0 Å². The molecule has 0 bridgehead atoms. The molecule has 29 heavy (non-hydrogen) atoms. The number of carbonyl (C=O) groups excluding carboxylic acids is 1. The summed E-state index contributed by atoms with van der Waals surface area (Å²) < 4.78 is 0. The van der Waals surface area contributed by atoms with Gasteiger partial charge >= 0.3 is 0 Å². The lowest BCUT2D eigenvalue weighted by atomic mass is 9.47. The summed E-state index contributed by atoms with van der Waals surface area (Å²) >= 11 is 0. The maximum Gasteiger partial charge on any atom is 0.243 e. The molecule has 1 N–H and O–H groups in total. The molecule has 2 heteroatoms. The average Bonchev–Trinajstić information content (AvgIpc) is 2.92. The summed E-state index contributed by atoms with van der Waals surface area (Å²) in [5, 5.41) is 3.11. The van der Waals surface area contributed by atoms with Gasteiger partial charge in [0.25, 0.3) is 0 Å². The molecule has 7 atom stereocenters. The Morgan fingerprint density at radius 2 is 1.83 bits per heavy atom. The molecule has 1 aliphatic heterocycles. The van der Waals surface area contributed by atoms with Crippen LogP contribution < -0.4 is 5.32 Å². The highest BCUT2D eigenvalue weighted by Gasteiger charge is 2.59. The van der Waals surface area contributed by atoms with Gasteiger partial charge in [-0.05, 0) is 91.3 Å². The van der Waals surface area contributed by atoms with E-state index in [1.807, 2.05) is 6.08 Å². The lowest BCUT2D eigenvalue weighted by Crippen LogP contribution is -2.50. The molecule has 3 fully saturated rings. The van der Waals surface area contributed by atoms with E-state index in [4.69, 9.17) is 0 Å². The maximum absolute atomic E-state index is 12.1. The predicted octanol–water partition coefficient (Wildman–Crippen LogP) is 6.75. The van der Waals surface area contributed by atoms with Crippen LogP contribution in [0.25, 0.3) is 0 Å². The number of hydrogen-bond acceptors (Lipinski definition) is 1. The standard InChI is InChI=1S/C27H45NO/c1-18(2)7-6-8-19(3)22-11-12-23-21-10-9-20-17-25(29)28-16-15-26(20,4)24(21)13-14-27(22,23)5/h17-19,21-24H,6-16H2,1-5H3,(H,28,29)/t19-,21-,22+,23+,24-,26-,27-/m1/s1. The Hall–Kier alpha value is -0.790. The first kappa shape index (κ1) is 21.4. The first-order valence-electron chi connectivity index (χ1n) is 12.7. The molecule has 4 rings (SSSR count). The van der Waals surface area contributed by atoms with Crippen molar-refractivity contribution < 1.29 is 4.79 Å². The van der Waals surface area contributed by atoms with Gasteiger partial charge in [0.2, 0.25) is 5.91 Å². The van der Waals surface area contributed by atoms with E-state index in [1.165, 1.54) is 56.9 Å². The first-order valence-corrected chi connectivity index (χ1v) is 12.7. The third-order valence-corrected chi connectivity index (χ3v) is 10.2. The van der Waals surface area contributed by atoms with Gasteiger partial charge in [-0.15, -0.1) is 0 Å². The molecule has 0 saturated heterocycles. The fourth-order valence-electron chi connectivity index (χ4n) is 8.59. The number of amides is 1. The molecule has 0 unspecified atom stereocenters. The Morgan fingerprint density at radius 1 is 1.03 bits per heavy atom. The van der Waals surface area contributed by atoms with Crippen molar-refractivity contribution in [2.24, 2.45) is 46.3 Å². The largest absolute Gasteiger partial charge is 0.353 e. The zero-order chi connectivity index (χ0) is 20.8. The van der Waals surface area contributed by atoms with Gasteiger partial charge in [0.15, 0.2) is 0 Å². The number of hydrogen-bond donors (Lipinski definition) is 1. The van der Waals surface area contributed by atoms with E-state index in [1.54, 1.807) is 0 Å². The van der Waals surface area contributed by atoms with Crippen LogP contribution in [-0.2, 0) is 4.79 Å². The van der Waals surface area contributed by atoms with Crippen LogP contribution in [0.15, 0.2) is 11.6 Å². The molecule has 3 aliphatic carbocycles. The lowest BCUT2D eigenvalue weighted by Gasteiger charge is -2.57. The third-order valence-electron chi connectivity index (χ3n) is 10.2. The van der Waals surface area contributed by atoms with Crippen molar-refractivity contribution in [1.29, 1.82) is 0 Å². The van der Waals surface area contributed by atoms with Crippen LogP contribution in [0.3, 0.4) is 0 Å². The van der Waals surface area contributed by atoms with Crippen LogP contribution in [0, 0.1) is 46.3 Å². The minimum absolute atomic E-state index is 0.152. The van der Waals surface area contributed by atoms with Crippen molar-refractivity contribution in [2.45, 2.75) is 98.8 Å². The quantitative estimate of drug-likeness (QED) is 0.544. The van der Waals surface area contributed by atoms with Crippen LogP contribution in [0.5, 0.6) is 0 Å². The Morgan fingerprint density at radius 3 is 2.59 bits per heavy atom. The number of carbonyl (C=O) groups is 1. The molecule has 3 saturated carbocycles. The fourth-order valence-corrected chi connectivity index (χ4v) is 8.59. The van der Waals surface area contributed by atoms with Crippen molar-refractivity contribution in [1.82, 2.24) is 5.32 Å². The molecule has 2 nitrogen and oxygen atoms in total. The second-order valence-electron chi connectivity index (χ2n) is 12.1. The summed E-state index contributed by atoms with van der Waals surface area (Å²) in [4.78, 5) is 12.1. The normalized spacial score (nSPS) is 43.0. The van der Waals surface area contributed by atoms with Gasteiger partial charge in [-0.3, -0.25) is 4.79 Å². The fraction of sp³-hybridized carbons (Fsp3) is 0.889. The Balaban J connectivity index is 1.50. The van der Waals surface area contributed by atoms with Crippen molar-refractivity contribution in [3.05, 3.63) is 11.6 Å². The highest BCUT2D eigenvalue weighted by molar-refractivity contribution is 5.88. The van der Waals surface area contributed by atoms with Gasteiger partial charge < -0.3 is 5.32 Å². The second-order valence-corrected chi connectivity index (χ2v) is 12.1. The molecule has 1 amide bonds. The van der Waals surface area contributed by atoms with E-state index in [0.29, 0.717) is 5.41 Å². The summed E-state index contributed by atoms with van der Waals surface area (Å²) in [7, 11) is 0. The van der Waals surface area contributed by atoms with E-state index in [-0.39, 0.29) is 11.3 Å². The van der Waals surface area contributed by atoms with Crippen LogP contribution >= 0.6 is 0 Å². The van der Waals surface area contributed by atoms with Gasteiger partial charge in [-0.2, -0.15) is 0 Å². The van der Waals surface area contributed by atoms with Crippen molar-refractivity contribution in [3.8, 4) is 0 Å². The molecule has 0 aromatic carbocycles. The monoisotopic (exact) mass is 399 g/mol. The zero-order valence-corrected chi connectivity index (χ0v) is 19.7. The first-order chi connectivity index (χ1) is 13.8. The predicted molar refractivity (Wildman–Crippen MR) is 121 cm³/mol. The summed E-state index contributed by atoms with van der Waals surface area (Å²) in [6.45, 7) is 13.3. The van der Waals surface area contributed by atoms with Gasteiger partial charge in [-0.1, -0.05) is 59.5 Å². The summed E-state index contributed by atoms with van der Waals surface area (Å²) in [5.41, 5.74) is 2.29. The van der Waals surface area contributed by atoms with Crippen molar-refractivity contribution in [2.75, 3.05) is 6.54 Å². The molecular weight excluding hydrogens is 354 g/mol. The van der Waals surface area contributed by atoms with E-state index in [0.717, 1.165) is 54.9 Å². The molecule has 1 heterocycles. The topological polar surface area (TPSA) is 29.1 Å². The highest BCUT2D eigenvalue weighted by atomic mass is 16.1. The van der Waals surface area contributed by atoms with E-state index >= 15 is 0 Å². The Kier molecular flexibility index (Phi) is 5.95. The number of rotatable bonds is 5. The van der Waals surface area contributed by atoms with Gasteiger partial charge in [0.1, 0.15) is 0 Å². The zero-order valence-electron chi connectivity index (χ0n) is 19.7. The summed E-state index contributed by atoms with van der Waals surface area (Å²) in [6.07, 6.45) is 15.6. The second kappa shape index (κ2) is 8.04. The van der Waals surface area contributed by atoms with Crippen LogP contribution in [0.4, 0.5) is 0 Å². The molecule has 0 spiro atoms. The third kappa shape index (κ3) is 3.72. The van der Waals surface area contributed by atoms with Gasteiger partial charge in [0.05, 0.1) is 0 Å². The average molecular weight is 400 g/mol. The number of nitrogens with one attached hydrogen (secondary N) is 1. The van der Waals surface area contributed by atoms with E-state index in [2.05, 4.69) is 39.9 Å². The Bertz CT molecular complexity index is 651. The van der Waals surface area contributed by atoms with Crippen molar-refractivity contribution >= 4 is 5.91 Å². The summed E-state index contributed by atoms with van der Waals surface area (Å²) in [6, 6.07) is 0. The molecule has 0 radical (unpaired) electrons. The highest BCUT2D eigenvalue weighted by Crippen LogP contribution is 2.67. The maximum atomic E-state index is 12.1. The van der Waals surface area contributed by atoms with E-state index in [9.17, 15) is 4.79 Å². The SMILES string of the molecule is CC(C)CCC[C@@H](C)[C@@H]1CC[C@H]2[C@H]3CCC4=CC(=O)NCC[C@@]4(C)[C@@H]3CC[C@@]21C. The number of allylic oxidation sites excluding steroid dienone is 1. The van der Waals surface area contributed by atoms with Crippen LogP contribution in [0.2, 0.25) is 0 Å². The van der Waals surface area contributed by atoms with Gasteiger partial charge in [-0.25, -0.2) is 0 Å². The Labute approximate surface area is 179 Å². The minimum Gasteiger partial charge on any atom is -0.353 e. The molecule has 0 aromatic rings. The smallest absolute Gasteiger partial charge is 0.243 e. The minimum atomic E-state index is 0.152. The lowest BCUT2D eigenvalue weighted by molar-refractivity contribution is -0.116. The molecular formula is C27H45NO. The van der Waals surface area contributed by atoms with Crippen LogP contribution in [-0.4, -0.2) is 12.5 Å². The van der Waals surface area contributed by atoms with Crippen LogP contribution in [0.1, 0.15) is 98.8 Å². The van der Waals surface area contributed by atoms with Gasteiger partial charge in [0, 0.05) is 12.6 Å². The molecule has 4 aliphatic rings.